The van der Waals surface area contributed by atoms with E-state index < -0.39 is 31.0 Å². The van der Waals surface area contributed by atoms with Gasteiger partial charge in [-0.15, -0.1) is 11.3 Å². The Morgan fingerprint density at radius 3 is 2.74 bits per heavy atom. The van der Waals surface area contributed by atoms with E-state index in [0.717, 1.165) is 27.8 Å². The van der Waals surface area contributed by atoms with E-state index in [2.05, 4.69) is 10.3 Å². The molecular formula is C18H20N2O4S3. The third kappa shape index (κ3) is 3.69. The van der Waals surface area contributed by atoms with E-state index in [0.29, 0.717) is 13.0 Å². The Bertz CT molecular complexity index is 1150. The third-order valence-corrected chi connectivity index (χ3v) is 10.5. The molecule has 0 spiro atoms. The van der Waals surface area contributed by atoms with Crippen molar-refractivity contribution in [1.82, 2.24) is 10.3 Å². The maximum absolute atomic E-state index is 12.9. The first kappa shape index (κ1) is 18.7. The predicted octanol–water partition coefficient (Wildman–Crippen LogP) is 2.00. The average Bonchev–Trinajstić information content (AvgIpc) is 3.34. The summed E-state index contributed by atoms with van der Waals surface area (Å²) in [5.74, 6) is -0.464. The zero-order valence-electron chi connectivity index (χ0n) is 14.5. The zero-order chi connectivity index (χ0) is 19.1. The van der Waals surface area contributed by atoms with E-state index in [9.17, 15) is 16.8 Å². The van der Waals surface area contributed by atoms with Crippen LogP contribution in [0.2, 0.25) is 0 Å². The molecule has 27 heavy (non-hydrogen) atoms. The van der Waals surface area contributed by atoms with Gasteiger partial charge in [-0.1, -0.05) is 24.3 Å². The van der Waals surface area contributed by atoms with Crippen LogP contribution in [-0.4, -0.2) is 51.2 Å². The summed E-state index contributed by atoms with van der Waals surface area (Å²) in [6.07, 6.45) is 2.63. The Balaban J connectivity index is 1.50. The van der Waals surface area contributed by atoms with Crippen molar-refractivity contribution in [2.45, 2.75) is 21.9 Å². The van der Waals surface area contributed by atoms with Gasteiger partial charge in [0.05, 0.1) is 16.8 Å². The number of sulfone groups is 2. The second kappa shape index (κ2) is 7.05. The Hall–Kier alpha value is -1.68. The maximum atomic E-state index is 12.9. The van der Waals surface area contributed by atoms with Crippen LogP contribution in [0.15, 0.2) is 52.2 Å². The van der Waals surface area contributed by atoms with Crippen LogP contribution in [0.5, 0.6) is 0 Å². The quantitative estimate of drug-likeness (QED) is 0.631. The highest BCUT2D eigenvalue weighted by atomic mass is 32.2. The first-order valence-corrected chi connectivity index (χ1v) is 12.9. The van der Waals surface area contributed by atoms with Gasteiger partial charge in [0.2, 0.25) is 0 Å². The highest BCUT2D eigenvalue weighted by Crippen LogP contribution is 2.28. The monoisotopic (exact) mass is 424 g/mol. The van der Waals surface area contributed by atoms with Crippen molar-refractivity contribution < 1.29 is 16.8 Å². The minimum absolute atomic E-state index is 0.143. The van der Waals surface area contributed by atoms with E-state index in [1.165, 1.54) is 6.07 Å². The molecule has 6 nitrogen and oxygen atoms in total. The molecule has 1 aromatic carbocycles. The van der Waals surface area contributed by atoms with Crippen molar-refractivity contribution in [1.29, 1.82) is 0 Å². The van der Waals surface area contributed by atoms with Gasteiger partial charge in [0.1, 0.15) is 4.21 Å². The normalized spacial score (nSPS) is 22.4. The van der Waals surface area contributed by atoms with Crippen molar-refractivity contribution in [3.05, 3.63) is 53.5 Å². The lowest BCUT2D eigenvalue weighted by Crippen LogP contribution is -2.43. The molecular weight excluding hydrogens is 404 g/mol. The largest absolute Gasteiger partial charge is 0.361 e. The van der Waals surface area contributed by atoms with Crippen molar-refractivity contribution in [2.24, 2.45) is 0 Å². The van der Waals surface area contributed by atoms with Gasteiger partial charge in [-0.2, -0.15) is 0 Å². The molecule has 2 unspecified atom stereocenters. The Morgan fingerprint density at radius 1 is 1.15 bits per heavy atom. The van der Waals surface area contributed by atoms with Gasteiger partial charge in [-0.05, 0) is 36.0 Å². The molecule has 3 heterocycles. The smallest absolute Gasteiger partial charge is 0.193 e. The van der Waals surface area contributed by atoms with Crippen LogP contribution < -0.4 is 5.32 Å². The maximum Gasteiger partial charge on any atom is 0.193 e. The van der Waals surface area contributed by atoms with Gasteiger partial charge in [-0.3, -0.25) is 0 Å². The lowest BCUT2D eigenvalue weighted by atomic mass is 10.1. The number of rotatable bonds is 6. The molecule has 1 aliphatic rings. The van der Waals surface area contributed by atoms with Gasteiger partial charge >= 0.3 is 0 Å². The van der Waals surface area contributed by atoms with Crippen LogP contribution in [0.25, 0.3) is 10.9 Å². The van der Waals surface area contributed by atoms with E-state index in [4.69, 9.17) is 0 Å². The number of thiophene rings is 1. The second-order valence-electron chi connectivity index (χ2n) is 6.76. The summed E-state index contributed by atoms with van der Waals surface area (Å²) in [5, 5.41) is 5.07. The SMILES string of the molecule is O=S1(=O)CC(NCCc2c[nH]c3ccccc23)C(S(=O)(=O)c2cccs2)C1. The highest BCUT2D eigenvalue weighted by molar-refractivity contribution is 7.97. The summed E-state index contributed by atoms with van der Waals surface area (Å²) < 4.78 is 50.2. The Kier molecular flexibility index (Phi) is 4.87. The number of aromatic nitrogens is 1. The van der Waals surface area contributed by atoms with E-state index in [-0.39, 0.29) is 15.7 Å². The van der Waals surface area contributed by atoms with Crippen LogP contribution in [-0.2, 0) is 26.1 Å². The standard InChI is InChI=1S/C18H20N2O4S3/c21-26(22)11-16(17(12-26)27(23,24)18-6-3-9-25-18)19-8-7-13-10-20-15-5-2-1-4-14(13)15/h1-6,9-10,16-17,19-20H,7-8,11-12H2. The van der Waals surface area contributed by atoms with Gasteiger partial charge in [0, 0.05) is 23.1 Å². The van der Waals surface area contributed by atoms with Crippen molar-refractivity contribution in [3.8, 4) is 0 Å². The number of hydrogen-bond donors (Lipinski definition) is 2. The lowest BCUT2D eigenvalue weighted by Gasteiger charge is -2.19. The van der Waals surface area contributed by atoms with Crippen LogP contribution in [0.4, 0.5) is 0 Å². The van der Waals surface area contributed by atoms with Crippen molar-refractivity contribution in [2.75, 3.05) is 18.1 Å². The molecule has 9 heteroatoms. The van der Waals surface area contributed by atoms with Crippen molar-refractivity contribution in [3.63, 3.8) is 0 Å². The fraction of sp³-hybridized carbons (Fsp3) is 0.333. The molecule has 1 saturated heterocycles. The summed E-state index contributed by atoms with van der Waals surface area (Å²) in [7, 11) is -7.04. The number of aromatic amines is 1. The molecule has 3 aromatic rings. The van der Waals surface area contributed by atoms with E-state index in [1.807, 2.05) is 30.5 Å². The Labute approximate surface area is 162 Å². The van der Waals surface area contributed by atoms with Gasteiger partial charge in [0.25, 0.3) is 0 Å². The number of hydrogen-bond acceptors (Lipinski definition) is 6. The summed E-state index contributed by atoms with van der Waals surface area (Å²) in [6.45, 7) is 0.512. The molecule has 2 aromatic heterocycles. The van der Waals surface area contributed by atoms with Crippen LogP contribution in [0.3, 0.4) is 0 Å². The molecule has 0 radical (unpaired) electrons. The van der Waals surface area contributed by atoms with Gasteiger partial charge < -0.3 is 10.3 Å². The average molecular weight is 425 g/mol. The molecule has 0 bridgehead atoms. The lowest BCUT2D eigenvalue weighted by molar-refractivity contribution is 0.530. The molecule has 2 N–H and O–H groups in total. The number of benzene rings is 1. The summed E-state index contributed by atoms with van der Waals surface area (Å²) in [5.41, 5.74) is 2.17. The molecule has 0 aliphatic carbocycles. The number of para-hydroxylation sites is 1. The molecule has 4 rings (SSSR count). The fourth-order valence-electron chi connectivity index (χ4n) is 3.62. The van der Waals surface area contributed by atoms with Gasteiger partial charge in [0.15, 0.2) is 19.7 Å². The van der Waals surface area contributed by atoms with Crippen LogP contribution in [0.1, 0.15) is 5.56 Å². The molecule has 0 saturated carbocycles. The molecule has 1 aliphatic heterocycles. The van der Waals surface area contributed by atoms with E-state index >= 15 is 0 Å². The second-order valence-corrected chi connectivity index (χ2v) is 12.3. The molecule has 144 valence electrons. The van der Waals surface area contributed by atoms with Gasteiger partial charge in [-0.25, -0.2) is 16.8 Å². The molecule has 2 atom stereocenters. The third-order valence-electron chi connectivity index (χ3n) is 4.95. The highest BCUT2D eigenvalue weighted by Gasteiger charge is 2.45. The predicted molar refractivity (Wildman–Crippen MR) is 108 cm³/mol. The number of fused-ring (bicyclic) bond motifs is 1. The number of H-pyrrole nitrogens is 1. The van der Waals surface area contributed by atoms with Crippen LogP contribution >= 0.6 is 11.3 Å². The molecule has 0 amide bonds. The number of nitrogens with one attached hydrogen (secondary N) is 2. The minimum Gasteiger partial charge on any atom is -0.361 e. The summed E-state index contributed by atoms with van der Waals surface area (Å²) in [6, 6.07) is 10.6. The fourth-order valence-corrected chi connectivity index (χ4v) is 9.56. The first-order valence-electron chi connectivity index (χ1n) is 8.63. The minimum atomic E-state index is -3.66. The molecule has 1 fully saturated rings. The zero-order valence-corrected chi connectivity index (χ0v) is 16.9. The Morgan fingerprint density at radius 2 is 1.96 bits per heavy atom. The van der Waals surface area contributed by atoms with E-state index in [1.54, 1.807) is 11.4 Å². The summed E-state index contributed by atoms with van der Waals surface area (Å²) >= 11 is 1.13. The summed E-state index contributed by atoms with van der Waals surface area (Å²) in [4.78, 5) is 3.21. The first-order chi connectivity index (χ1) is 12.9. The van der Waals surface area contributed by atoms with Crippen LogP contribution in [0, 0.1) is 0 Å². The topological polar surface area (TPSA) is 96.1 Å². The van der Waals surface area contributed by atoms with Crippen molar-refractivity contribution >= 4 is 41.9 Å².